The molecule has 5 heteroatoms. The maximum atomic E-state index is 12.3. The standard InChI is InChI=1S/C11H14NO3S/c1-11(2)8-12(15-3)9-6-4-5-7-10(9)16(11,13)14/h4-7H,3,8H2,1-2H3. The lowest BCUT2D eigenvalue weighted by atomic mass is 10.2. The third-order valence-electron chi connectivity index (χ3n) is 2.83. The average molecular weight is 240 g/mol. The second-order valence-electron chi connectivity index (χ2n) is 4.40. The first kappa shape index (κ1) is 11.4. The van der Waals surface area contributed by atoms with Gasteiger partial charge in [0.2, 0.25) is 0 Å². The normalized spacial score (nSPS) is 21.6. The maximum absolute atomic E-state index is 12.3. The zero-order chi connectivity index (χ0) is 12.0. The monoisotopic (exact) mass is 240 g/mol. The average Bonchev–Trinajstić information content (AvgIpc) is 2.24. The molecule has 0 saturated carbocycles. The predicted octanol–water partition coefficient (Wildman–Crippen LogP) is 1.78. The zero-order valence-electron chi connectivity index (χ0n) is 9.30. The fraction of sp³-hybridized carbons (Fsp3) is 0.364. The van der Waals surface area contributed by atoms with Gasteiger partial charge in [-0.1, -0.05) is 12.1 Å². The number of anilines is 1. The number of benzene rings is 1. The second kappa shape index (κ2) is 3.46. The molecule has 1 aromatic carbocycles. The molecule has 0 aliphatic carbocycles. The first-order valence-electron chi connectivity index (χ1n) is 4.93. The minimum Gasteiger partial charge on any atom is -0.271 e. The Labute approximate surface area is 95.7 Å². The van der Waals surface area contributed by atoms with Gasteiger partial charge in [-0.3, -0.25) is 9.90 Å². The largest absolute Gasteiger partial charge is 0.271 e. The van der Waals surface area contributed by atoms with Gasteiger partial charge < -0.3 is 0 Å². The molecule has 1 aliphatic rings. The van der Waals surface area contributed by atoms with Crippen LogP contribution in [0.4, 0.5) is 5.69 Å². The first-order valence-corrected chi connectivity index (χ1v) is 6.42. The lowest BCUT2D eigenvalue weighted by Crippen LogP contribution is -2.48. The molecule has 0 spiro atoms. The van der Waals surface area contributed by atoms with Crippen LogP contribution in [0.5, 0.6) is 0 Å². The highest BCUT2D eigenvalue weighted by atomic mass is 32.2. The summed E-state index contributed by atoms with van der Waals surface area (Å²) in [5.41, 5.74) is 0.553. The molecule has 0 N–H and O–H groups in total. The third-order valence-corrected chi connectivity index (χ3v) is 5.34. The minimum absolute atomic E-state index is 0.274. The van der Waals surface area contributed by atoms with E-state index in [1.54, 1.807) is 38.1 Å². The highest BCUT2D eigenvalue weighted by Gasteiger charge is 2.44. The summed E-state index contributed by atoms with van der Waals surface area (Å²) < 4.78 is 23.7. The summed E-state index contributed by atoms with van der Waals surface area (Å²) >= 11 is 0. The van der Waals surface area contributed by atoms with Gasteiger partial charge in [0, 0.05) is 0 Å². The minimum atomic E-state index is -3.31. The lowest BCUT2D eigenvalue weighted by molar-refractivity contribution is 0.194. The van der Waals surface area contributed by atoms with Crippen molar-refractivity contribution in [3.8, 4) is 0 Å². The second-order valence-corrected chi connectivity index (χ2v) is 6.95. The zero-order valence-corrected chi connectivity index (χ0v) is 10.1. The van der Waals surface area contributed by atoms with Crippen molar-refractivity contribution >= 4 is 15.5 Å². The molecule has 2 rings (SSSR count). The smallest absolute Gasteiger partial charge is 0.187 e. The third kappa shape index (κ3) is 1.43. The van der Waals surface area contributed by atoms with Crippen molar-refractivity contribution in [3.63, 3.8) is 0 Å². The van der Waals surface area contributed by atoms with Crippen LogP contribution in [0, 0.1) is 7.11 Å². The van der Waals surface area contributed by atoms with Crippen molar-refractivity contribution < 1.29 is 13.3 Å². The molecule has 0 aromatic heterocycles. The molecule has 0 saturated heterocycles. The van der Waals surface area contributed by atoms with Crippen molar-refractivity contribution in [3.05, 3.63) is 31.4 Å². The molecule has 0 fully saturated rings. The van der Waals surface area contributed by atoms with E-state index in [0.717, 1.165) is 0 Å². The van der Waals surface area contributed by atoms with Gasteiger partial charge >= 0.3 is 0 Å². The number of para-hydroxylation sites is 1. The van der Waals surface area contributed by atoms with Gasteiger partial charge in [0.05, 0.1) is 21.9 Å². The molecule has 0 bridgehead atoms. The van der Waals surface area contributed by atoms with Crippen LogP contribution in [0.25, 0.3) is 0 Å². The highest BCUT2D eigenvalue weighted by Crippen LogP contribution is 2.38. The van der Waals surface area contributed by atoms with Crippen LogP contribution in [0.1, 0.15) is 13.8 Å². The Morgan fingerprint density at radius 1 is 1.38 bits per heavy atom. The fourth-order valence-electron chi connectivity index (χ4n) is 1.82. The molecular weight excluding hydrogens is 226 g/mol. The number of fused-ring (bicyclic) bond motifs is 1. The molecule has 0 amide bonds. The Bertz CT molecular complexity index is 508. The van der Waals surface area contributed by atoms with Gasteiger partial charge in [-0.2, -0.15) is 0 Å². The summed E-state index contributed by atoms with van der Waals surface area (Å²) in [4.78, 5) is 5.27. The van der Waals surface area contributed by atoms with Gasteiger partial charge in [0.25, 0.3) is 0 Å². The molecule has 0 atom stereocenters. The number of rotatable bonds is 1. The van der Waals surface area contributed by atoms with Gasteiger partial charge in [0.1, 0.15) is 7.11 Å². The maximum Gasteiger partial charge on any atom is 0.187 e. The van der Waals surface area contributed by atoms with Crippen molar-refractivity contribution in [2.75, 3.05) is 11.6 Å². The van der Waals surface area contributed by atoms with E-state index in [-0.39, 0.29) is 6.54 Å². The lowest BCUT2D eigenvalue weighted by Gasteiger charge is -2.38. The van der Waals surface area contributed by atoms with E-state index in [0.29, 0.717) is 10.6 Å². The topological polar surface area (TPSA) is 46.6 Å². The van der Waals surface area contributed by atoms with E-state index >= 15 is 0 Å². The molecule has 1 aromatic rings. The number of hydroxylamine groups is 1. The van der Waals surface area contributed by atoms with Crippen molar-refractivity contribution in [1.29, 1.82) is 0 Å². The van der Waals surface area contributed by atoms with Crippen LogP contribution in [0.15, 0.2) is 29.2 Å². The number of hydrogen-bond donors (Lipinski definition) is 0. The highest BCUT2D eigenvalue weighted by molar-refractivity contribution is 7.93. The summed E-state index contributed by atoms with van der Waals surface area (Å²) in [7, 11) is 0.0399. The van der Waals surface area contributed by atoms with E-state index < -0.39 is 14.6 Å². The molecule has 16 heavy (non-hydrogen) atoms. The Morgan fingerprint density at radius 2 is 2.00 bits per heavy atom. The van der Waals surface area contributed by atoms with Gasteiger partial charge in [-0.25, -0.2) is 8.42 Å². The van der Waals surface area contributed by atoms with E-state index in [1.165, 1.54) is 5.06 Å². The number of nitrogens with zero attached hydrogens (tertiary/aromatic N) is 1. The Hall–Kier alpha value is -1.07. The van der Waals surface area contributed by atoms with Crippen molar-refractivity contribution in [2.24, 2.45) is 0 Å². The van der Waals surface area contributed by atoms with Crippen LogP contribution in [-0.4, -0.2) is 19.7 Å². The van der Waals surface area contributed by atoms with Gasteiger partial charge in [-0.15, -0.1) is 0 Å². The molecule has 4 nitrogen and oxygen atoms in total. The Balaban J connectivity index is 2.70. The summed E-state index contributed by atoms with van der Waals surface area (Å²) in [6.07, 6.45) is 0. The first-order chi connectivity index (χ1) is 7.40. The SMILES string of the molecule is [CH2]ON1CC(C)(C)S(=O)(=O)c2ccccc21. The molecule has 0 unspecified atom stereocenters. The van der Waals surface area contributed by atoms with Gasteiger partial charge in [0.15, 0.2) is 9.84 Å². The van der Waals surface area contributed by atoms with Crippen molar-refractivity contribution in [2.45, 2.75) is 23.5 Å². The quantitative estimate of drug-likeness (QED) is 0.750. The van der Waals surface area contributed by atoms with E-state index in [1.807, 2.05) is 0 Å². The van der Waals surface area contributed by atoms with E-state index in [4.69, 9.17) is 4.84 Å². The predicted molar refractivity (Wildman–Crippen MR) is 61.5 cm³/mol. The Kier molecular flexibility index (Phi) is 2.47. The fourth-order valence-corrected chi connectivity index (χ4v) is 3.40. The summed E-state index contributed by atoms with van der Waals surface area (Å²) in [5.74, 6) is 0. The Morgan fingerprint density at radius 3 is 2.62 bits per heavy atom. The summed E-state index contributed by atoms with van der Waals surface area (Å²) in [6.45, 7) is 3.64. The molecule has 1 radical (unpaired) electrons. The van der Waals surface area contributed by atoms with Crippen LogP contribution >= 0.6 is 0 Å². The summed E-state index contributed by atoms with van der Waals surface area (Å²) in [6, 6.07) is 6.79. The molecule has 1 aliphatic heterocycles. The molecule has 87 valence electrons. The number of sulfone groups is 1. The van der Waals surface area contributed by atoms with Gasteiger partial charge in [-0.05, 0) is 26.0 Å². The molecular formula is C11H14NO3S. The van der Waals surface area contributed by atoms with E-state index in [9.17, 15) is 8.42 Å². The molecule has 1 heterocycles. The summed E-state index contributed by atoms with van der Waals surface area (Å²) in [5, 5.41) is 1.51. The van der Waals surface area contributed by atoms with E-state index in [2.05, 4.69) is 7.11 Å². The van der Waals surface area contributed by atoms with Crippen LogP contribution in [0.2, 0.25) is 0 Å². The van der Waals surface area contributed by atoms with Crippen LogP contribution < -0.4 is 5.06 Å². The van der Waals surface area contributed by atoms with Crippen LogP contribution in [0.3, 0.4) is 0 Å². The van der Waals surface area contributed by atoms with Crippen molar-refractivity contribution in [1.82, 2.24) is 0 Å². The number of hydrogen-bond acceptors (Lipinski definition) is 4. The van der Waals surface area contributed by atoms with Crippen LogP contribution in [-0.2, 0) is 14.7 Å².